The van der Waals surface area contributed by atoms with Gasteiger partial charge in [-0.1, -0.05) is 97.1 Å². The van der Waals surface area contributed by atoms with Crippen LogP contribution in [0.15, 0.2) is 103 Å². The summed E-state index contributed by atoms with van der Waals surface area (Å²) < 4.78 is 5.43. The van der Waals surface area contributed by atoms with E-state index in [9.17, 15) is 9.59 Å². The van der Waals surface area contributed by atoms with Gasteiger partial charge in [-0.15, -0.1) is 0 Å². The van der Waals surface area contributed by atoms with Crippen LogP contribution in [0.5, 0.6) is 0 Å². The van der Waals surface area contributed by atoms with E-state index in [1.807, 2.05) is 85.1 Å². The number of H-pyrrole nitrogens is 1. The maximum absolute atomic E-state index is 13.7. The van der Waals surface area contributed by atoms with Crippen molar-refractivity contribution in [2.75, 3.05) is 6.61 Å². The third-order valence-corrected chi connectivity index (χ3v) is 6.67. The molecule has 1 aromatic heterocycles. The molecule has 4 aromatic carbocycles. The lowest BCUT2D eigenvalue weighted by Crippen LogP contribution is -2.07. The van der Waals surface area contributed by atoms with Crippen LogP contribution in [0.3, 0.4) is 0 Å². The number of hydrogen-bond acceptors (Lipinski definition) is 3. The van der Waals surface area contributed by atoms with Crippen molar-refractivity contribution >= 4 is 33.7 Å². The molecule has 0 fully saturated rings. The minimum absolute atomic E-state index is 0.0189. The van der Waals surface area contributed by atoms with Crippen molar-refractivity contribution in [1.82, 2.24) is 4.98 Å². The zero-order valence-electron chi connectivity index (χ0n) is 19.7. The van der Waals surface area contributed by atoms with Crippen LogP contribution in [0.4, 0.5) is 0 Å². The van der Waals surface area contributed by atoms with Crippen LogP contribution in [0.1, 0.15) is 44.5 Å². The van der Waals surface area contributed by atoms with Crippen molar-refractivity contribution in [3.63, 3.8) is 0 Å². The van der Waals surface area contributed by atoms with Gasteiger partial charge < -0.3 is 9.72 Å². The average Bonchev–Trinajstić information content (AvgIpc) is 3.48. The highest BCUT2D eigenvalue weighted by Crippen LogP contribution is 2.46. The third-order valence-electron chi connectivity index (χ3n) is 6.67. The Bertz CT molecular complexity index is 1670. The Morgan fingerprint density at radius 1 is 0.722 bits per heavy atom. The number of hydrogen-bond donors (Lipinski definition) is 1. The van der Waals surface area contributed by atoms with Crippen LogP contribution in [0.2, 0.25) is 0 Å². The van der Waals surface area contributed by atoms with Gasteiger partial charge in [0.15, 0.2) is 5.78 Å². The molecule has 4 heteroatoms. The summed E-state index contributed by atoms with van der Waals surface area (Å²) in [5.41, 5.74) is 6.63. The van der Waals surface area contributed by atoms with E-state index < -0.39 is 5.97 Å². The average molecular weight is 470 g/mol. The first-order valence-corrected chi connectivity index (χ1v) is 12.0. The van der Waals surface area contributed by atoms with Gasteiger partial charge in [0.25, 0.3) is 0 Å². The number of nitrogens with one attached hydrogen (secondary N) is 1. The molecule has 4 nitrogen and oxygen atoms in total. The monoisotopic (exact) mass is 469 g/mol. The lowest BCUT2D eigenvalue weighted by molar-refractivity contribution is 0.0521. The van der Waals surface area contributed by atoms with Gasteiger partial charge >= 0.3 is 5.97 Å². The van der Waals surface area contributed by atoms with Gasteiger partial charge in [0.05, 0.1) is 6.61 Å². The lowest BCUT2D eigenvalue weighted by Gasteiger charge is -2.14. The first kappa shape index (κ1) is 21.8. The molecule has 0 unspecified atom stereocenters. The van der Waals surface area contributed by atoms with Crippen LogP contribution in [0, 0.1) is 0 Å². The number of aromatic nitrogens is 1. The normalized spacial score (nSPS) is 12.8. The van der Waals surface area contributed by atoms with Crippen molar-refractivity contribution in [3.05, 3.63) is 131 Å². The van der Waals surface area contributed by atoms with Crippen LogP contribution < -0.4 is 0 Å². The number of ketones is 1. The number of ether oxygens (including phenoxy) is 1. The molecular weight excluding hydrogens is 446 g/mol. The Morgan fingerprint density at radius 2 is 1.39 bits per heavy atom. The molecule has 36 heavy (non-hydrogen) atoms. The van der Waals surface area contributed by atoms with Crippen molar-refractivity contribution in [2.24, 2.45) is 0 Å². The van der Waals surface area contributed by atoms with Crippen molar-refractivity contribution in [1.29, 1.82) is 0 Å². The highest BCUT2D eigenvalue weighted by Gasteiger charge is 2.34. The predicted molar refractivity (Wildman–Crippen MR) is 143 cm³/mol. The fraction of sp³-hybridized carbons (Fsp3) is 0.0625. The molecule has 1 aliphatic carbocycles. The van der Waals surface area contributed by atoms with Crippen molar-refractivity contribution in [2.45, 2.75) is 6.92 Å². The third kappa shape index (κ3) is 3.38. The zero-order valence-corrected chi connectivity index (χ0v) is 19.7. The standard InChI is InChI=1S/C32H23NO3/c1-2-36-32(35)30-29(23-18-10-14-20-11-6-7-15-22(20)23)26(19-33-30)28-24-16-8-9-17-25(24)31(34)27(28)21-12-4-3-5-13-21/h3-19,33H,2H2,1H3. The minimum Gasteiger partial charge on any atom is -0.461 e. The second-order valence-electron chi connectivity index (χ2n) is 8.69. The highest BCUT2D eigenvalue weighted by atomic mass is 16.5. The Hall–Kier alpha value is -4.70. The molecule has 6 rings (SSSR count). The number of rotatable bonds is 5. The molecule has 0 saturated heterocycles. The van der Waals surface area contributed by atoms with Gasteiger partial charge in [0.2, 0.25) is 0 Å². The topological polar surface area (TPSA) is 59.2 Å². The Balaban J connectivity index is 1.72. The second-order valence-corrected chi connectivity index (χ2v) is 8.69. The van der Waals surface area contributed by atoms with E-state index in [2.05, 4.69) is 23.2 Å². The summed E-state index contributed by atoms with van der Waals surface area (Å²) in [7, 11) is 0. The number of allylic oxidation sites excluding steroid dienone is 1. The highest BCUT2D eigenvalue weighted by molar-refractivity contribution is 6.42. The molecular formula is C32H23NO3. The quantitative estimate of drug-likeness (QED) is 0.278. The van der Waals surface area contributed by atoms with Gasteiger partial charge in [-0.2, -0.15) is 0 Å². The number of Topliss-reactive ketones (excluding diaryl/α,β-unsaturated/α-hetero) is 1. The Labute approximate surface area is 208 Å². The first-order chi connectivity index (χ1) is 17.7. The number of carbonyl (C=O) groups is 2. The maximum atomic E-state index is 13.7. The Morgan fingerprint density at radius 3 is 2.19 bits per heavy atom. The van der Waals surface area contributed by atoms with Crippen LogP contribution in [-0.2, 0) is 4.74 Å². The van der Waals surface area contributed by atoms with E-state index in [4.69, 9.17) is 4.74 Å². The fourth-order valence-electron chi connectivity index (χ4n) is 5.15. The summed E-state index contributed by atoms with van der Waals surface area (Å²) in [6, 6.07) is 31.5. The van der Waals surface area contributed by atoms with Gasteiger partial charge in [0.1, 0.15) is 5.69 Å². The number of benzene rings is 4. The summed E-state index contributed by atoms with van der Waals surface area (Å²) in [4.78, 5) is 30.0. The summed E-state index contributed by atoms with van der Waals surface area (Å²) >= 11 is 0. The molecule has 174 valence electrons. The van der Waals surface area contributed by atoms with E-state index in [0.29, 0.717) is 16.8 Å². The molecule has 0 bridgehead atoms. The van der Waals surface area contributed by atoms with Crippen LogP contribution >= 0.6 is 0 Å². The number of fused-ring (bicyclic) bond motifs is 2. The molecule has 1 N–H and O–H groups in total. The van der Waals surface area contributed by atoms with Crippen molar-refractivity contribution in [3.8, 4) is 11.1 Å². The molecule has 0 radical (unpaired) electrons. The molecule has 0 atom stereocenters. The summed E-state index contributed by atoms with van der Waals surface area (Å²) in [5.74, 6) is -0.444. The number of esters is 1. The van der Waals surface area contributed by atoms with E-state index in [0.717, 1.165) is 44.2 Å². The minimum atomic E-state index is -0.425. The smallest absolute Gasteiger partial charge is 0.355 e. The van der Waals surface area contributed by atoms with E-state index in [1.54, 1.807) is 6.92 Å². The molecule has 0 spiro atoms. The van der Waals surface area contributed by atoms with E-state index in [1.165, 1.54) is 0 Å². The van der Waals surface area contributed by atoms with E-state index >= 15 is 0 Å². The van der Waals surface area contributed by atoms with Gasteiger partial charge in [-0.25, -0.2) is 4.79 Å². The summed E-state index contributed by atoms with van der Waals surface area (Å²) in [6.07, 6.45) is 1.83. The first-order valence-electron chi connectivity index (χ1n) is 12.0. The van der Waals surface area contributed by atoms with E-state index in [-0.39, 0.29) is 12.4 Å². The second kappa shape index (κ2) is 8.82. The molecule has 1 aliphatic rings. The largest absolute Gasteiger partial charge is 0.461 e. The predicted octanol–water partition coefficient (Wildman–Crippen LogP) is 7.17. The molecule has 0 saturated carbocycles. The number of carbonyl (C=O) groups excluding carboxylic acids is 2. The molecule has 5 aromatic rings. The zero-order chi connectivity index (χ0) is 24.6. The summed E-state index contributed by atoms with van der Waals surface area (Å²) in [5, 5.41) is 2.09. The maximum Gasteiger partial charge on any atom is 0.355 e. The Kier molecular flexibility index (Phi) is 5.34. The summed E-state index contributed by atoms with van der Waals surface area (Å²) in [6.45, 7) is 2.06. The van der Waals surface area contributed by atoms with Crippen LogP contribution in [0.25, 0.3) is 33.0 Å². The molecule has 1 heterocycles. The van der Waals surface area contributed by atoms with Gasteiger partial charge in [-0.3, -0.25) is 4.79 Å². The fourth-order valence-corrected chi connectivity index (χ4v) is 5.15. The number of aromatic amines is 1. The van der Waals surface area contributed by atoms with Gasteiger partial charge in [-0.05, 0) is 34.4 Å². The molecule has 0 amide bonds. The van der Waals surface area contributed by atoms with Crippen molar-refractivity contribution < 1.29 is 14.3 Å². The lowest BCUT2D eigenvalue weighted by atomic mass is 9.88. The molecule has 0 aliphatic heterocycles. The van der Waals surface area contributed by atoms with Gasteiger partial charge in [0, 0.05) is 34.0 Å². The van der Waals surface area contributed by atoms with Crippen LogP contribution in [-0.4, -0.2) is 23.3 Å². The SMILES string of the molecule is CCOC(=O)c1[nH]cc(C2=C(c3ccccc3)C(=O)c3ccccc32)c1-c1cccc2ccccc12.